The molecule has 0 fully saturated rings. The third-order valence-corrected chi connectivity index (χ3v) is 3.83. The zero-order valence-corrected chi connectivity index (χ0v) is 13.8. The van der Waals surface area contributed by atoms with Crippen LogP contribution in [0.4, 0.5) is 0 Å². The summed E-state index contributed by atoms with van der Waals surface area (Å²) in [5, 5.41) is 4.98. The zero-order valence-electron chi connectivity index (χ0n) is 13.8. The molecule has 0 saturated carbocycles. The van der Waals surface area contributed by atoms with Crippen molar-refractivity contribution in [1.82, 2.24) is 10.3 Å². The standard InChI is InChI=1S/C18H28N2/c1-12-10-13(2)17-16(11-12)15(14(3)20-17)8-7-9-19-18(4,5)6/h10-11,19-20H,7-9H2,1-6H3. The summed E-state index contributed by atoms with van der Waals surface area (Å²) in [4.78, 5) is 3.56. The van der Waals surface area contributed by atoms with E-state index in [0.717, 1.165) is 13.0 Å². The van der Waals surface area contributed by atoms with Gasteiger partial charge in [-0.15, -0.1) is 0 Å². The van der Waals surface area contributed by atoms with Gasteiger partial charge in [-0.2, -0.15) is 0 Å². The second kappa shape index (κ2) is 5.61. The maximum atomic E-state index is 3.56. The first-order valence-electron chi connectivity index (χ1n) is 7.61. The molecule has 2 nitrogen and oxygen atoms in total. The molecular formula is C18H28N2. The van der Waals surface area contributed by atoms with Crippen LogP contribution in [-0.2, 0) is 6.42 Å². The summed E-state index contributed by atoms with van der Waals surface area (Å²) in [5.74, 6) is 0. The molecule has 0 radical (unpaired) electrons. The van der Waals surface area contributed by atoms with Gasteiger partial charge in [-0.3, -0.25) is 0 Å². The van der Waals surface area contributed by atoms with Crippen molar-refractivity contribution in [2.24, 2.45) is 0 Å². The molecular weight excluding hydrogens is 244 g/mol. The van der Waals surface area contributed by atoms with Crippen LogP contribution in [0.1, 0.15) is 49.6 Å². The fraction of sp³-hybridized carbons (Fsp3) is 0.556. The van der Waals surface area contributed by atoms with Crippen molar-refractivity contribution >= 4 is 10.9 Å². The first kappa shape index (κ1) is 15.1. The van der Waals surface area contributed by atoms with Gasteiger partial charge < -0.3 is 10.3 Å². The molecule has 1 aromatic heterocycles. The highest BCUT2D eigenvalue weighted by Crippen LogP contribution is 2.27. The number of aryl methyl sites for hydroxylation is 4. The number of aromatic amines is 1. The topological polar surface area (TPSA) is 27.8 Å². The quantitative estimate of drug-likeness (QED) is 0.793. The molecule has 110 valence electrons. The van der Waals surface area contributed by atoms with E-state index in [-0.39, 0.29) is 5.54 Å². The summed E-state index contributed by atoms with van der Waals surface area (Å²) in [6.45, 7) is 14.3. The Morgan fingerprint density at radius 3 is 2.45 bits per heavy atom. The largest absolute Gasteiger partial charge is 0.358 e. The molecule has 2 rings (SSSR count). The molecule has 0 spiro atoms. The molecule has 1 aromatic carbocycles. The lowest BCUT2D eigenvalue weighted by molar-refractivity contribution is 0.422. The van der Waals surface area contributed by atoms with Crippen LogP contribution >= 0.6 is 0 Å². The molecule has 0 aliphatic heterocycles. The fourth-order valence-electron chi connectivity index (χ4n) is 2.89. The molecule has 2 aromatic rings. The van der Waals surface area contributed by atoms with Gasteiger partial charge >= 0.3 is 0 Å². The van der Waals surface area contributed by atoms with Crippen LogP contribution in [0.25, 0.3) is 10.9 Å². The highest BCUT2D eigenvalue weighted by atomic mass is 14.9. The second-order valence-corrected chi connectivity index (χ2v) is 7.01. The number of hydrogen-bond acceptors (Lipinski definition) is 1. The molecule has 2 heteroatoms. The normalized spacial score (nSPS) is 12.3. The van der Waals surface area contributed by atoms with Crippen LogP contribution in [0.2, 0.25) is 0 Å². The van der Waals surface area contributed by atoms with Crippen LogP contribution in [0, 0.1) is 20.8 Å². The van der Waals surface area contributed by atoms with Gasteiger partial charge in [-0.25, -0.2) is 0 Å². The minimum Gasteiger partial charge on any atom is -0.358 e. The summed E-state index contributed by atoms with van der Waals surface area (Å²) < 4.78 is 0. The van der Waals surface area contributed by atoms with E-state index in [1.54, 1.807) is 0 Å². The Bertz CT molecular complexity index is 600. The van der Waals surface area contributed by atoms with Gasteiger partial charge in [-0.05, 0) is 78.1 Å². The summed E-state index contributed by atoms with van der Waals surface area (Å²) in [5.41, 5.74) is 7.03. The molecule has 2 N–H and O–H groups in total. The molecule has 0 saturated heterocycles. The molecule has 1 heterocycles. The minimum absolute atomic E-state index is 0.211. The molecule has 0 bridgehead atoms. The highest BCUT2D eigenvalue weighted by Gasteiger charge is 2.12. The van der Waals surface area contributed by atoms with Crippen molar-refractivity contribution in [1.29, 1.82) is 0 Å². The van der Waals surface area contributed by atoms with E-state index in [2.05, 4.69) is 64.0 Å². The highest BCUT2D eigenvalue weighted by molar-refractivity contribution is 5.87. The van der Waals surface area contributed by atoms with Crippen LogP contribution < -0.4 is 5.32 Å². The van der Waals surface area contributed by atoms with Gasteiger partial charge in [0.15, 0.2) is 0 Å². The van der Waals surface area contributed by atoms with Crippen LogP contribution in [0.3, 0.4) is 0 Å². The summed E-state index contributed by atoms with van der Waals surface area (Å²) in [7, 11) is 0. The van der Waals surface area contributed by atoms with Crippen molar-refractivity contribution in [2.45, 2.75) is 59.9 Å². The lowest BCUT2D eigenvalue weighted by Gasteiger charge is -2.20. The van der Waals surface area contributed by atoms with E-state index in [0.29, 0.717) is 0 Å². The monoisotopic (exact) mass is 272 g/mol. The Labute approximate surface area is 123 Å². The molecule has 0 atom stereocenters. The lowest BCUT2D eigenvalue weighted by atomic mass is 10.0. The van der Waals surface area contributed by atoms with Crippen molar-refractivity contribution in [2.75, 3.05) is 6.54 Å². The summed E-state index contributed by atoms with van der Waals surface area (Å²) in [6, 6.07) is 4.57. The molecule has 0 aliphatic rings. The van der Waals surface area contributed by atoms with Gasteiger partial charge in [0.05, 0.1) is 0 Å². The van der Waals surface area contributed by atoms with E-state index >= 15 is 0 Å². The number of hydrogen-bond donors (Lipinski definition) is 2. The Morgan fingerprint density at radius 2 is 1.80 bits per heavy atom. The van der Waals surface area contributed by atoms with E-state index in [1.807, 2.05) is 0 Å². The fourth-order valence-corrected chi connectivity index (χ4v) is 2.89. The van der Waals surface area contributed by atoms with E-state index < -0.39 is 0 Å². The van der Waals surface area contributed by atoms with E-state index in [4.69, 9.17) is 0 Å². The Morgan fingerprint density at radius 1 is 1.10 bits per heavy atom. The third-order valence-electron chi connectivity index (χ3n) is 3.83. The van der Waals surface area contributed by atoms with Gasteiger partial charge in [0, 0.05) is 22.1 Å². The van der Waals surface area contributed by atoms with Crippen molar-refractivity contribution < 1.29 is 0 Å². The number of nitrogens with one attached hydrogen (secondary N) is 2. The first-order valence-corrected chi connectivity index (χ1v) is 7.61. The average Bonchev–Trinajstić information content (AvgIpc) is 2.61. The number of aromatic nitrogens is 1. The van der Waals surface area contributed by atoms with Crippen molar-refractivity contribution in [3.05, 3.63) is 34.5 Å². The van der Waals surface area contributed by atoms with E-state index in [9.17, 15) is 0 Å². The Balaban J connectivity index is 2.16. The minimum atomic E-state index is 0.211. The average molecular weight is 272 g/mol. The van der Waals surface area contributed by atoms with Gasteiger partial charge in [-0.1, -0.05) is 11.6 Å². The molecule has 0 unspecified atom stereocenters. The number of fused-ring (bicyclic) bond motifs is 1. The van der Waals surface area contributed by atoms with Crippen LogP contribution in [0.15, 0.2) is 12.1 Å². The number of rotatable bonds is 4. The van der Waals surface area contributed by atoms with E-state index in [1.165, 1.54) is 39.7 Å². The molecule has 0 amide bonds. The summed E-state index contributed by atoms with van der Waals surface area (Å²) >= 11 is 0. The smallest absolute Gasteiger partial charge is 0.0488 e. The Kier molecular flexibility index (Phi) is 4.24. The van der Waals surface area contributed by atoms with Crippen LogP contribution in [0.5, 0.6) is 0 Å². The van der Waals surface area contributed by atoms with Gasteiger partial charge in [0.1, 0.15) is 0 Å². The SMILES string of the molecule is Cc1cc(C)c2[nH]c(C)c(CCCNC(C)(C)C)c2c1. The number of H-pyrrole nitrogens is 1. The summed E-state index contributed by atoms with van der Waals surface area (Å²) in [6.07, 6.45) is 2.32. The maximum Gasteiger partial charge on any atom is 0.0488 e. The number of benzene rings is 1. The maximum absolute atomic E-state index is 3.56. The van der Waals surface area contributed by atoms with Crippen molar-refractivity contribution in [3.8, 4) is 0 Å². The Hall–Kier alpha value is -1.28. The van der Waals surface area contributed by atoms with Crippen molar-refractivity contribution in [3.63, 3.8) is 0 Å². The first-order chi connectivity index (χ1) is 9.28. The molecule has 0 aliphatic carbocycles. The van der Waals surface area contributed by atoms with Gasteiger partial charge in [0.25, 0.3) is 0 Å². The predicted molar refractivity (Wildman–Crippen MR) is 88.6 cm³/mol. The zero-order chi connectivity index (χ0) is 14.9. The third kappa shape index (κ3) is 3.43. The predicted octanol–water partition coefficient (Wildman–Crippen LogP) is 4.41. The molecule has 20 heavy (non-hydrogen) atoms. The van der Waals surface area contributed by atoms with Gasteiger partial charge in [0.2, 0.25) is 0 Å². The lowest BCUT2D eigenvalue weighted by Crippen LogP contribution is -2.36. The van der Waals surface area contributed by atoms with Crippen LogP contribution in [-0.4, -0.2) is 17.1 Å². The second-order valence-electron chi connectivity index (χ2n) is 7.01.